The average molecular weight is 580 g/mol. The van der Waals surface area contributed by atoms with Crippen molar-refractivity contribution in [2.24, 2.45) is 0 Å². The predicted octanol–water partition coefficient (Wildman–Crippen LogP) is 6.41. The van der Waals surface area contributed by atoms with Gasteiger partial charge in [-0.05, 0) is 55.5 Å². The second-order valence-electron chi connectivity index (χ2n) is 9.01. The predicted molar refractivity (Wildman–Crippen MR) is 152 cm³/mol. The fourth-order valence-electron chi connectivity index (χ4n) is 4.03. The molecule has 1 unspecified atom stereocenters. The molecule has 4 aromatic carbocycles. The third kappa shape index (κ3) is 7.69. The van der Waals surface area contributed by atoms with Crippen molar-refractivity contribution >= 4 is 21.7 Å². The summed E-state index contributed by atoms with van der Waals surface area (Å²) in [6, 6.07) is 25.8. The van der Waals surface area contributed by atoms with Crippen molar-refractivity contribution in [2.75, 3.05) is 25.2 Å². The van der Waals surface area contributed by atoms with Gasteiger partial charge in [-0.1, -0.05) is 48.0 Å². The Balaban J connectivity index is 1.65. The van der Waals surface area contributed by atoms with Gasteiger partial charge in [-0.15, -0.1) is 0 Å². The minimum absolute atomic E-state index is 0.0141. The molecule has 0 aromatic heterocycles. The quantitative estimate of drug-likeness (QED) is 0.109. The number of carbonyl (C=O) groups excluding carboxylic acids is 1. The Hall–Kier alpha value is -4.25. The van der Waals surface area contributed by atoms with Gasteiger partial charge in [0.05, 0.1) is 30.9 Å². The van der Waals surface area contributed by atoms with Gasteiger partial charge < -0.3 is 14.2 Å². The van der Waals surface area contributed by atoms with Gasteiger partial charge in [0.15, 0.2) is 12.0 Å². The summed E-state index contributed by atoms with van der Waals surface area (Å²) < 4.78 is 62.5. The number of anilines is 1. The number of hydrogen-bond acceptors (Lipinski definition) is 7. The van der Waals surface area contributed by atoms with Crippen molar-refractivity contribution in [1.29, 1.82) is 0 Å². The molecule has 0 aliphatic carbocycles. The van der Waals surface area contributed by atoms with Crippen LogP contribution in [-0.2, 0) is 23.8 Å². The van der Waals surface area contributed by atoms with Crippen LogP contribution in [0.15, 0.2) is 102 Å². The van der Waals surface area contributed by atoms with Gasteiger partial charge in [-0.25, -0.2) is 4.39 Å². The molecule has 0 spiro atoms. The zero-order valence-electron chi connectivity index (χ0n) is 22.8. The molecule has 10 heteroatoms. The van der Waals surface area contributed by atoms with E-state index in [2.05, 4.69) is 0 Å². The van der Waals surface area contributed by atoms with Crippen molar-refractivity contribution < 1.29 is 36.0 Å². The Bertz CT molecular complexity index is 1580. The van der Waals surface area contributed by atoms with Crippen LogP contribution in [0.1, 0.15) is 24.3 Å². The number of ether oxygens (including phenoxy) is 3. The summed E-state index contributed by atoms with van der Waals surface area (Å²) in [4.78, 5) is 14.4. The maximum atomic E-state index is 14.6. The second kappa shape index (κ2) is 13.4. The van der Waals surface area contributed by atoms with Crippen LogP contribution in [0.5, 0.6) is 17.2 Å². The van der Waals surface area contributed by atoms with E-state index >= 15 is 0 Å². The molecule has 0 heterocycles. The van der Waals surface area contributed by atoms with Crippen molar-refractivity contribution in [1.82, 2.24) is 0 Å². The number of carbonyl (C=O) groups is 1. The lowest BCUT2D eigenvalue weighted by atomic mass is 10.1. The topological polar surface area (TPSA) is 91.4 Å². The molecule has 4 aromatic rings. The Morgan fingerprint density at radius 2 is 1.59 bits per heavy atom. The molecule has 0 saturated heterocycles. The summed E-state index contributed by atoms with van der Waals surface area (Å²) in [5.41, 5.74) is 1.52. The number of para-hydroxylation sites is 1. The molecular weight excluding hydrogens is 549 g/mol. The molecule has 0 N–H and O–H groups in total. The molecule has 0 radical (unpaired) electrons. The van der Waals surface area contributed by atoms with Gasteiger partial charge in [0.1, 0.15) is 17.3 Å². The van der Waals surface area contributed by atoms with Crippen LogP contribution >= 0.6 is 0 Å². The van der Waals surface area contributed by atoms with Crippen LogP contribution in [0.4, 0.5) is 10.1 Å². The number of halogens is 1. The van der Waals surface area contributed by atoms with Gasteiger partial charge in [-0.2, -0.15) is 8.42 Å². The Morgan fingerprint density at radius 3 is 2.27 bits per heavy atom. The average Bonchev–Trinajstić information content (AvgIpc) is 2.96. The molecule has 41 heavy (non-hydrogen) atoms. The standard InChI is InChI=1S/C31H30FNO7S/c1-22-12-15-28(16-13-22)41(35,36)39-19-18-38-31(24-8-7-11-27(20-24)37-3)33(23(2)34)29-21-25(32)14-17-30(29)40-26-9-5-4-6-10-26/h4-17,20-21,31H,18-19H2,1-3H3. The number of nitrogens with zero attached hydrogens (tertiary/aromatic N) is 1. The van der Waals surface area contributed by atoms with Crippen molar-refractivity contribution in [3.8, 4) is 17.2 Å². The van der Waals surface area contributed by atoms with Crippen LogP contribution in [-0.4, -0.2) is 34.6 Å². The molecule has 1 amide bonds. The fourth-order valence-corrected chi connectivity index (χ4v) is 4.93. The Morgan fingerprint density at radius 1 is 0.878 bits per heavy atom. The van der Waals surface area contributed by atoms with Crippen molar-refractivity contribution in [3.05, 3.63) is 114 Å². The van der Waals surface area contributed by atoms with E-state index < -0.39 is 28.1 Å². The van der Waals surface area contributed by atoms with Crippen LogP contribution in [0.2, 0.25) is 0 Å². The van der Waals surface area contributed by atoms with E-state index in [0.29, 0.717) is 17.1 Å². The van der Waals surface area contributed by atoms with Crippen LogP contribution < -0.4 is 14.4 Å². The van der Waals surface area contributed by atoms with Crippen LogP contribution in [0, 0.1) is 12.7 Å². The highest BCUT2D eigenvalue weighted by Crippen LogP contribution is 2.39. The first kappa shape index (κ1) is 29.7. The fraction of sp³-hybridized carbons (Fsp3) is 0.194. The molecule has 214 valence electrons. The molecule has 0 fully saturated rings. The SMILES string of the molecule is COc1cccc(C(OCCOS(=O)(=O)c2ccc(C)cc2)N(C(C)=O)c2cc(F)ccc2Oc2ccccc2)c1. The van der Waals surface area contributed by atoms with E-state index in [1.54, 1.807) is 60.7 Å². The number of aryl methyl sites for hydroxylation is 1. The zero-order valence-corrected chi connectivity index (χ0v) is 23.6. The zero-order chi connectivity index (χ0) is 29.4. The first-order valence-corrected chi connectivity index (χ1v) is 14.1. The normalized spacial score (nSPS) is 12.0. The van der Waals surface area contributed by atoms with E-state index in [-0.39, 0.29) is 29.5 Å². The van der Waals surface area contributed by atoms with Crippen LogP contribution in [0.25, 0.3) is 0 Å². The lowest BCUT2D eigenvalue weighted by molar-refractivity contribution is -0.119. The summed E-state index contributed by atoms with van der Waals surface area (Å²) in [7, 11) is -2.54. The van der Waals surface area contributed by atoms with Crippen molar-refractivity contribution in [3.63, 3.8) is 0 Å². The highest BCUT2D eigenvalue weighted by atomic mass is 32.2. The number of methoxy groups -OCH3 is 1. The number of amides is 1. The summed E-state index contributed by atoms with van der Waals surface area (Å²) in [5.74, 6) is 0.121. The molecule has 0 aliphatic rings. The summed E-state index contributed by atoms with van der Waals surface area (Å²) in [6.07, 6.45) is -1.12. The Kier molecular flexibility index (Phi) is 9.72. The maximum Gasteiger partial charge on any atom is 0.297 e. The second-order valence-corrected chi connectivity index (χ2v) is 10.6. The van der Waals surface area contributed by atoms with E-state index in [9.17, 15) is 17.6 Å². The van der Waals surface area contributed by atoms with Gasteiger partial charge in [0.2, 0.25) is 5.91 Å². The van der Waals surface area contributed by atoms with E-state index in [0.717, 1.165) is 5.56 Å². The number of rotatable bonds is 12. The Labute approximate surface area is 239 Å². The monoisotopic (exact) mass is 579 g/mol. The first-order valence-electron chi connectivity index (χ1n) is 12.7. The number of hydrogen-bond donors (Lipinski definition) is 0. The van der Waals surface area contributed by atoms with E-state index in [1.807, 2.05) is 13.0 Å². The maximum absolute atomic E-state index is 14.6. The van der Waals surface area contributed by atoms with E-state index in [1.165, 1.54) is 49.3 Å². The third-order valence-corrected chi connectivity index (χ3v) is 7.34. The first-order chi connectivity index (χ1) is 19.7. The summed E-state index contributed by atoms with van der Waals surface area (Å²) in [6.45, 7) is 2.60. The lowest BCUT2D eigenvalue weighted by Crippen LogP contribution is -2.36. The van der Waals surface area contributed by atoms with Crippen LogP contribution in [0.3, 0.4) is 0 Å². The van der Waals surface area contributed by atoms with Crippen molar-refractivity contribution in [2.45, 2.75) is 25.0 Å². The van der Waals surface area contributed by atoms with Gasteiger partial charge >= 0.3 is 0 Å². The third-order valence-electron chi connectivity index (χ3n) is 6.01. The molecule has 0 saturated carbocycles. The summed E-state index contributed by atoms with van der Waals surface area (Å²) in [5, 5.41) is 0. The highest BCUT2D eigenvalue weighted by molar-refractivity contribution is 7.86. The highest BCUT2D eigenvalue weighted by Gasteiger charge is 2.29. The van der Waals surface area contributed by atoms with Gasteiger partial charge in [0, 0.05) is 18.6 Å². The lowest BCUT2D eigenvalue weighted by Gasteiger charge is -2.32. The minimum Gasteiger partial charge on any atom is -0.497 e. The molecular formula is C31H30FNO7S. The molecule has 1 atom stereocenters. The summed E-state index contributed by atoms with van der Waals surface area (Å²) >= 11 is 0. The number of benzene rings is 4. The molecule has 8 nitrogen and oxygen atoms in total. The molecule has 4 rings (SSSR count). The van der Waals surface area contributed by atoms with E-state index in [4.69, 9.17) is 18.4 Å². The van der Waals surface area contributed by atoms with Gasteiger partial charge in [0.25, 0.3) is 10.1 Å². The molecule has 0 bridgehead atoms. The minimum atomic E-state index is -4.04. The van der Waals surface area contributed by atoms with Gasteiger partial charge in [-0.3, -0.25) is 13.9 Å². The molecule has 0 aliphatic heterocycles. The largest absolute Gasteiger partial charge is 0.497 e. The smallest absolute Gasteiger partial charge is 0.297 e.